The first-order chi connectivity index (χ1) is 17.7. The first-order valence-electron chi connectivity index (χ1n) is 12.5. The van der Waals surface area contributed by atoms with E-state index in [0.29, 0.717) is 48.0 Å². The number of carbonyl (C=O) groups is 3. The highest BCUT2D eigenvalue weighted by Gasteiger charge is 2.57. The minimum Gasteiger partial charge on any atom is -0.481 e. The number of rotatable bonds is 10. The van der Waals surface area contributed by atoms with Gasteiger partial charge in [0.1, 0.15) is 23.4 Å². The maximum atomic E-state index is 15.1. The van der Waals surface area contributed by atoms with E-state index < -0.39 is 18.2 Å². The van der Waals surface area contributed by atoms with Crippen LogP contribution in [0.5, 0.6) is 0 Å². The van der Waals surface area contributed by atoms with Crippen molar-refractivity contribution in [3.05, 3.63) is 47.7 Å². The molecular weight excluding hydrogens is 483 g/mol. The second-order valence-electron chi connectivity index (χ2n) is 10.1. The summed E-state index contributed by atoms with van der Waals surface area (Å²) in [5, 5.41) is 11.5. The molecule has 1 unspecified atom stereocenters. The fourth-order valence-corrected chi connectivity index (χ4v) is 5.58. The molecule has 2 aliphatic heterocycles. The Bertz CT molecular complexity index is 1190. The number of anilines is 2. The topological polar surface area (TPSA) is 116 Å². The van der Waals surface area contributed by atoms with Crippen molar-refractivity contribution < 1.29 is 33.0 Å². The van der Waals surface area contributed by atoms with Crippen molar-refractivity contribution in [1.29, 1.82) is 0 Å². The van der Waals surface area contributed by atoms with Crippen LogP contribution in [0.1, 0.15) is 24.9 Å². The zero-order chi connectivity index (χ0) is 26.3. The van der Waals surface area contributed by atoms with Crippen LogP contribution in [0.3, 0.4) is 0 Å². The zero-order valence-electron chi connectivity index (χ0n) is 20.9. The maximum absolute atomic E-state index is 15.1. The third-order valence-electron chi connectivity index (χ3n) is 7.40. The second-order valence-corrected chi connectivity index (χ2v) is 10.1. The number of halogens is 1. The molecule has 2 aromatic rings. The quantitative estimate of drug-likeness (QED) is 0.497. The predicted octanol–water partition coefficient (Wildman–Crippen LogP) is 2.46. The summed E-state index contributed by atoms with van der Waals surface area (Å²) in [5.41, 5.74) is 0.952. The Balaban J connectivity index is 1.13. The van der Waals surface area contributed by atoms with Crippen molar-refractivity contribution in [2.75, 3.05) is 43.0 Å². The standard InChI is InChI=1S/C26H31FN4O6/c1-15(32)28-10-19-12-31(26(35)37-19)16-3-7-23(22(27)9-16)30-13-20-21(14-30)25(20)29(2)11-18-5-4-17(36-18)6-8-24(33)34/h3-5,7,9,19-21,25H,6,8,10-14H2,1-2H3,(H,28,32)(H,33,34)/t19-,20-,21+,25?/m0/s1. The smallest absolute Gasteiger partial charge is 0.414 e. The number of hydrogen-bond acceptors (Lipinski definition) is 7. The van der Waals surface area contributed by atoms with Crippen LogP contribution in [-0.4, -0.2) is 73.3 Å². The Kier molecular flexibility index (Phi) is 6.80. The highest BCUT2D eigenvalue weighted by molar-refractivity contribution is 5.90. The molecule has 11 heteroatoms. The van der Waals surface area contributed by atoms with Gasteiger partial charge in [0.25, 0.3) is 0 Å². The molecule has 5 rings (SSSR count). The fraction of sp³-hybridized carbons (Fsp3) is 0.500. The Morgan fingerprint density at radius 1 is 1.16 bits per heavy atom. The summed E-state index contributed by atoms with van der Waals surface area (Å²) in [6, 6.07) is 8.93. The number of carboxylic acids is 1. The van der Waals surface area contributed by atoms with Gasteiger partial charge < -0.3 is 24.5 Å². The number of ether oxygens (including phenoxy) is 1. The van der Waals surface area contributed by atoms with Crippen LogP contribution in [-0.2, 0) is 27.3 Å². The molecule has 2 amide bonds. The molecule has 198 valence electrons. The van der Waals surface area contributed by atoms with Crippen LogP contribution >= 0.6 is 0 Å². The van der Waals surface area contributed by atoms with Gasteiger partial charge in [-0.15, -0.1) is 0 Å². The van der Waals surface area contributed by atoms with E-state index in [0.717, 1.165) is 18.8 Å². The van der Waals surface area contributed by atoms with Crippen LogP contribution < -0.4 is 15.1 Å². The van der Waals surface area contributed by atoms with Crippen molar-refractivity contribution >= 4 is 29.3 Å². The molecule has 3 fully saturated rings. The molecule has 1 aromatic heterocycles. The van der Waals surface area contributed by atoms with E-state index in [9.17, 15) is 14.4 Å². The number of cyclic esters (lactones) is 1. The highest BCUT2D eigenvalue weighted by atomic mass is 19.1. The molecule has 2 saturated heterocycles. The third-order valence-corrected chi connectivity index (χ3v) is 7.40. The molecule has 1 saturated carbocycles. The summed E-state index contributed by atoms with van der Waals surface area (Å²) >= 11 is 0. The minimum atomic E-state index is -0.845. The molecule has 2 N–H and O–H groups in total. The first-order valence-corrected chi connectivity index (χ1v) is 12.5. The number of carbonyl (C=O) groups excluding carboxylic acids is 2. The lowest BCUT2D eigenvalue weighted by Crippen LogP contribution is -2.33. The molecule has 1 aliphatic carbocycles. The SMILES string of the molecule is CC(=O)NC[C@H]1CN(c2ccc(N3C[C@@H]4C(N(C)Cc5ccc(CCC(=O)O)o5)[C@@H]4C3)c(F)c2)C(=O)O1. The molecular formula is C26H31FN4O6. The van der Waals surface area contributed by atoms with Gasteiger partial charge in [0.15, 0.2) is 0 Å². The van der Waals surface area contributed by atoms with Gasteiger partial charge >= 0.3 is 12.1 Å². The maximum Gasteiger partial charge on any atom is 0.414 e. The van der Waals surface area contributed by atoms with Crippen molar-refractivity contribution in [1.82, 2.24) is 10.2 Å². The number of furan rings is 1. The van der Waals surface area contributed by atoms with E-state index in [1.807, 2.05) is 12.1 Å². The van der Waals surface area contributed by atoms with Gasteiger partial charge in [-0.1, -0.05) is 0 Å². The zero-order valence-corrected chi connectivity index (χ0v) is 20.9. The van der Waals surface area contributed by atoms with Gasteiger partial charge in [0.2, 0.25) is 5.91 Å². The Morgan fingerprint density at radius 3 is 2.57 bits per heavy atom. The Labute approximate surface area is 213 Å². The summed E-state index contributed by atoms with van der Waals surface area (Å²) in [6.45, 7) is 4.01. The normalized spacial score (nSPS) is 24.4. The summed E-state index contributed by atoms with van der Waals surface area (Å²) < 4.78 is 26.2. The Morgan fingerprint density at radius 2 is 1.89 bits per heavy atom. The lowest BCUT2D eigenvalue weighted by molar-refractivity contribution is -0.137. The predicted molar refractivity (Wildman–Crippen MR) is 132 cm³/mol. The van der Waals surface area contributed by atoms with Gasteiger partial charge in [-0.05, 0) is 49.2 Å². The van der Waals surface area contributed by atoms with Crippen LogP contribution in [0.15, 0.2) is 34.7 Å². The van der Waals surface area contributed by atoms with Gasteiger partial charge in [0.05, 0.1) is 37.4 Å². The second kappa shape index (κ2) is 10.0. The molecule has 1 aromatic carbocycles. The third kappa shape index (κ3) is 5.41. The van der Waals surface area contributed by atoms with Crippen LogP contribution in [0, 0.1) is 17.7 Å². The largest absolute Gasteiger partial charge is 0.481 e. The molecule has 0 bridgehead atoms. The molecule has 4 atom stereocenters. The molecule has 3 aliphatic rings. The number of hydrogen-bond donors (Lipinski definition) is 2. The number of benzene rings is 1. The molecule has 0 radical (unpaired) electrons. The first kappa shape index (κ1) is 25.1. The highest BCUT2D eigenvalue weighted by Crippen LogP contribution is 2.50. The summed E-state index contributed by atoms with van der Waals surface area (Å²) in [7, 11) is 2.05. The molecule has 10 nitrogen and oxygen atoms in total. The molecule has 37 heavy (non-hydrogen) atoms. The summed E-state index contributed by atoms with van der Waals surface area (Å²) in [4.78, 5) is 39.8. The van der Waals surface area contributed by atoms with Crippen molar-refractivity contribution in [3.63, 3.8) is 0 Å². The summed E-state index contributed by atoms with van der Waals surface area (Å²) in [6.07, 6.45) is -0.606. The van der Waals surface area contributed by atoms with E-state index >= 15 is 4.39 Å². The van der Waals surface area contributed by atoms with Crippen molar-refractivity contribution in [2.24, 2.45) is 11.8 Å². The number of nitrogens with one attached hydrogen (secondary N) is 1. The molecule has 3 heterocycles. The number of fused-ring (bicyclic) bond motifs is 1. The number of nitrogens with zero attached hydrogens (tertiary/aromatic N) is 3. The number of aliphatic carboxylic acids is 1. The van der Waals surface area contributed by atoms with Gasteiger partial charge in [-0.3, -0.25) is 19.4 Å². The summed E-state index contributed by atoms with van der Waals surface area (Å²) in [5.74, 6) is 0.935. The van der Waals surface area contributed by atoms with E-state index in [4.69, 9.17) is 14.3 Å². The number of amides is 2. The van der Waals surface area contributed by atoms with Gasteiger partial charge in [-0.25, -0.2) is 9.18 Å². The number of aryl methyl sites for hydroxylation is 1. The minimum absolute atomic E-state index is 0.0458. The number of carboxylic acid groups (broad SMARTS) is 1. The fourth-order valence-electron chi connectivity index (χ4n) is 5.58. The Hall–Kier alpha value is -3.60. The molecule has 0 spiro atoms. The average Bonchev–Trinajstić information content (AvgIpc) is 3.22. The van der Waals surface area contributed by atoms with E-state index in [1.54, 1.807) is 12.1 Å². The van der Waals surface area contributed by atoms with Gasteiger partial charge in [-0.2, -0.15) is 0 Å². The van der Waals surface area contributed by atoms with E-state index in [1.165, 1.54) is 17.9 Å². The van der Waals surface area contributed by atoms with E-state index in [-0.39, 0.29) is 31.2 Å². The van der Waals surface area contributed by atoms with Crippen molar-refractivity contribution in [3.8, 4) is 0 Å². The van der Waals surface area contributed by atoms with Crippen molar-refractivity contribution in [2.45, 2.75) is 38.5 Å². The van der Waals surface area contributed by atoms with Crippen LogP contribution in [0.2, 0.25) is 0 Å². The van der Waals surface area contributed by atoms with Gasteiger partial charge in [0, 0.05) is 32.5 Å². The monoisotopic (exact) mass is 514 g/mol. The van der Waals surface area contributed by atoms with E-state index in [2.05, 4.69) is 22.2 Å². The van der Waals surface area contributed by atoms with Crippen LogP contribution in [0.4, 0.5) is 20.6 Å². The lowest BCUT2D eigenvalue weighted by Gasteiger charge is -2.26. The van der Waals surface area contributed by atoms with Crippen LogP contribution in [0.25, 0.3) is 0 Å². The lowest BCUT2D eigenvalue weighted by atomic mass is 10.2. The number of piperidine rings is 1. The average molecular weight is 515 g/mol.